The number of aliphatic hydroxyl groups is 2. The van der Waals surface area contributed by atoms with Gasteiger partial charge in [0, 0.05) is 23.7 Å². The summed E-state index contributed by atoms with van der Waals surface area (Å²) >= 11 is 0. The molecule has 3 saturated carbocycles. The van der Waals surface area contributed by atoms with E-state index in [1.165, 1.54) is 19.1 Å². The van der Waals surface area contributed by atoms with Gasteiger partial charge < -0.3 is 20.4 Å². The van der Waals surface area contributed by atoms with E-state index in [1.807, 2.05) is 0 Å². The standard InChI is InChI=1S/C24H31FO6.H2O/c1-13-9-18-17-6-5-15-10-16(27)7-8-21(15,3)23(17,25)19(28)11-22(18,4)24(13,30)20(29)12-31-14(2)26;/h7-8,10,13,17-19,28,30H,5-6,9,11-12H2,1-4H3;1H2/t13-,17+,18+,19?,21+,22+,23+,24+;/m1./s1. The molecule has 4 aliphatic carbocycles. The van der Waals surface area contributed by atoms with Crippen LogP contribution < -0.4 is 0 Å². The van der Waals surface area contributed by atoms with Gasteiger partial charge in [0.15, 0.2) is 18.1 Å². The van der Waals surface area contributed by atoms with E-state index >= 15 is 4.39 Å². The third kappa shape index (κ3) is 2.85. The highest BCUT2D eigenvalue weighted by Gasteiger charge is 2.75. The van der Waals surface area contributed by atoms with Gasteiger partial charge >= 0.3 is 5.97 Å². The number of fused-ring (bicyclic) bond motifs is 5. The molecule has 0 bridgehead atoms. The number of alkyl halides is 1. The Balaban J connectivity index is 0.00000289. The van der Waals surface area contributed by atoms with Crippen molar-refractivity contribution in [2.24, 2.45) is 28.6 Å². The molecule has 0 amide bonds. The molecule has 0 aromatic heterocycles. The molecule has 7 nitrogen and oxygen atoms in total. The van der Waals surface area contributed by atoms with E-state index in [0.717, 1.165) is 0 Å². The Morgan fingerprint density at radius 1 is 1.28 bits per heavy atom. The van der Waals surface area contributed by atoms with Crippen LogP contribution in [0.25, 0.3) is 0 Å². The van der Waals surface area contributed by atoms with Crippen LogP contribution in [0.2, 0.25) is 0 Å². The molecule has 3 fully saturated rings. The number of aliphatic hydroxyl groups excluding tert-OH is 1. The lowest BCUT2D eigenvalue weighted by Gasteiger charge is -2.62. The van der Waals surface area contributed by atoms with Crippen molar-refractivity contribution >= 4 is 17.5 Å². The van der Waals surface area contributed by atoms with Crippen LogP contribution in [-0.4, -0.2) is 57.2 Å². The van der Waals surface area contributed by atoms with Gasteiger partial charge in [-0.1, -0.05) is 25.5 Å². The summed E-state index contributed by atoms with van der Waals surface area (Å²) in [5, 5.41) is 22.9. The zero-order valence-corrected chi connectivity index (χ0v) is 19.0. The van der Waals surface area contributed by atoms with Crippen LogP contribution in [-0.2, 0) is 19.1 Å². The third-order valence-electron chi connectivity index (χ3n) is 9.05. The number of hydrogen-bond acceptors (Lipinski definition) is 6. The number of carbonyl (C=O) groups excluding carboxylic acids is 3. The molecule has 8 heteroatoms. The van der Waals surface area contributed by atoms with Crippen molar-refractivity contribution in [1.29, 1.82) is 0 Å². The van der Waals surface area contributed by atoms with Crippen LogP contribution >= 0.6 is 0 Å². The Bertz CT molecular complexity index is 912. The highest BCUT2D eigenvalue weighted by Crippen LogP contribution is 2.70. The minimum absolute atomic E-state index is 0. The third-order valence-corrected chi connectivity index (χ3v) is 9.05. The van der Waals surface area contributed by atoms with Gasteiger partial charge in [0.2, 0.25) is 5.78 Å². The van der Waals surface area contributed by atoms with Crippen molar-refractivity contribution in [3.63, 3.8) is 0 Å². The maximum Gasteiger partial charge on any atom is 0.303 e. The highest BCUT2D eigenvalue weighted by molar-refractivity contribution is 6.01. The first-order valence-electron chi connectivity index (χ1n) is 11.0. The number of rotatable bonds is 3. The summed E-state index contributed by atoms with van der Waals surface area (Å²) < 4.78 is 21.9. The summed E-state index contributed by atoms with van der Waals surface area (Å²) in [7, 11) is 0. The molecular formula is C24H33FO7. The number of esters is 1. The summed E-state index contributed by atoms with van der Waals surface area (Å²) in [6.07, 6.45) is 4.29. The normalized spacial score (nSPS) is 46.8. The Hall–Kier alpha value is -1.90. The molecular weight excluding hydrogens is 419 g/mol. The molecule has 0 radical (unpaired) electrons. The minimum atomic E-state index is -2.01. The van der Waals surface area contributed by atoms with E-state index in [-0.39, 0.29) is 23.6 Å². The fourth-order valence-electron chi connectivity index (χ4n) is 7.42. The first-order valence-corrected chi connectivity index (χ1v) is 11.0. The van der Waals surface area contributed by atoms with Crippen molar-refractivity contribution < 1.29 is 39.2 Å². The average Bonchev–Trinajstić information content (AvgIpc) is 2.89. The van der Waals surface area contributed by atoms with E-state index in [9.17, 15) is 24.6 Å². The first-order chi connectivity index (χ1) is 14.3. The van der Waals surface area contributed by atoms with E-state index < -0.39 is 58.4 Å². The molecule has 4 N–H and O–H groups in total. The summed E-state index contributed by atoms with van der Waals surface area (Å²) in [6.45, 7) is 5.89. The van der Waals surface area contributed by atoms with Crippen LogP contribution in [0, 0.1) is 28.6 Å². The Labute approximate surface area is 187 Å². The summed E-state index contributed by atoms with van der Waals surface area (Å²) in [6, 6.07) is 0. The molecule has 0 aromatic rings. The van der Waals surface area contributed by atoms with Crippen molar-refractivity contribution in [2.75, 3.05) is 6.61 Å². The van der Waals surface area contributed by atoms with Crippen molar-refractivity contribution in [3.8, 4) is 0 Å². The molecule has 8 atom stereocenters. The van der Waals surface area contributed by atoms with Crippen molar-refractivity contribution in [1.82, 2.24) is 0 Å². The van der Waals surface area contributed by atoms with Crippen LogP contribution in [0.5, 0.6) is 0 Å². The molecule has 32 heavy (non-hydrogen) atoms. The molecule has 178 valence electrons. The van der Waals surface area contributed by atoms with Gasteiger partial charge in [-0.15, -0.1) is 0 Å². The lowest BCUT2D eigenvalue weighted by molar-refractivity contribution is -0.219. The topological polar surface area (TPSA) is 132 Å². The van der Waals surface area contributed by atoms with Crippen LogP contribution in [0.4, 0.5) is 4.39 Å². The molecule has 0 aromatic carbocycles. The number of halogens is 1. The fraction of sp³-hybridized carbons (Fsp3) is 0.708. The first kappa shape index (κ1) is 24.7. The van der Waals surface area contributed by atoms with Gasteiger partial charge in [0.1, 0.15) is 5.60 Å². The van der Waals surface area contributed by atoms with Crippen molar-refractivity contribution in [3.05, 3.63) is 23.8 Å². The second-order valence-electron chi connectivity index (χ2n) is 10.4. The number of Topliss-reactive ketones (excluding diaryl/α,β-unsaturated/α-hetero) is 1. The monoisotopic (exact) mass is 452 g/mol. The van der Waals surface area contributed by atoms with Gasteiger partial charge in [0.05, 0.1) is 6.10 Å². The molecule has 4 aliphatic rings. The Morgan fingerprint density at radius 3 is 2.56 bits per heavy atom. The summed E-state index contributed by atoms with van der Waals surface area (Å²) in [5.74, 6) is -2.80. The minimum Gasteiger partial charge on any atom is -0.458 e. The average molecular weight is 453 g/mol. The number of ketones is 2. The maximum absolute atomic E-state index is 17.0. The second-order valence-corrected chi connectivity index (χ2v) is 10.4. The zero-order valence-electron chi connectivity index (χ0n) is 19.0. The quantitative estimate of drug-likeness (QED) is 0.626. The maximum atomic E-state index is 17.0. The molecule has 0 aliphatic heterocycles. The SMILES string of the molecule is CC(=O)OCC(=O)[C@@]1(O)[C@H](C)C[C@H]2[C@@H]3CCC4=CC(=O)C=C[C@]4(C)[C@@]3(F)C(O)C[C@@]21C.O. The molecule has 0 saturated heterocycles. The number of allylic oxidation sites excluding steroid dienone is 4. The van der Waals surface area contributed by atoms with Gasteiger partial charge in [-0.3, -0.25) is 14.4 Å². The number of ether oxygens (including phenoxy) is 1. The molecule has 0 heterocycles. The Morgan fingerprint density at radius 2 is 1.94 bits per heavy atom. The molecule has 1 unspecified atom stereocenters. The fourth-order valence-corrected chi connectivity index (χ4v) is 7.42. The van der Waals surface area contributed by atoms with Gasteiger partial charge in [0.25, 0.3) is 0 Å². The molecule has 4 rings (SSSR count). The van der Waals surface area contributed by atoms with E-state index in [0.29, 0.717) is 24.8 Å². The number of hydrogen-bond donors (Lipinski definition) is 2. The summed E-state index contributed by atoms with van der Waals surface area (Å²) in [4.78, 5) is 36.2. The van der Waals surface area contributed by atoms with Crippen molar-refractivity contribution in [2.45, 2.75) is 70.8 Å². The van der Waals surface area contributed by atoms with Gasteiger partial charge in [-0.25, -0.2) is 4.39 Å². The smallest absolute Gasteiger partial charge is 0.303 e. The summed E-state index contributed by atoms with van der Waals surface area (Å²) in [5.41, 5.74) is -5.33. The highest BCUT2D eigenvalue weighted by atomic mass is 19.1. The largest absolute Gasteiger partial charge is 0.458 e. The van der Waals surface area contributed by atoms with Crippen LogP contribution in [0.3, 0.4) is 0 Å². The predicted octanol–water partition coefficient (Wildman–Crippen LogP) is 1.64. The molecule has 0 spiro atoms. The predicted molar refractivity (Wildman–Crippen MR) is 113 cm³/mol. The van der Waals surface area contributed by atoms with E-state index in [4.69, 9.17) is 4.74 Å². The van der Waals surface area contributed by atoms with Crippen LogP contribution in [0.15, 0.2) is 23.8 Å². The lowest BCUT2D eigenvalue weighted by atomic mass is 9.44. The Kier molecular flexibility index (Phi) is 5.85. The van der Waals surface area contributed by atoms with Gasteiger partial charge in [-0.2, -0.15) is 0 Å². The second kappa shape index (κ2) is 7.57. The van der Waals surface area contributed by atoms with E-state index in [1.54, 1.807) is 26.8 Å². The van der Waals surface area contributed by atoms with E-state index in [2.05, 4.69) is 0 Å². The van der Waals surface area contributed by atoms with Crippen LogP contribution in [0.1, 0.15) is 53.4 Å². The number of carbonyl (C=O) groups is 3. The lowest BCUT2D eigenvalue weighted by Crippen LogP contribution is -2.69. The van der Waals surface area contributed by atoms with Gasteiger partial charge in [-0.05, 0) is 56.6 Å². The zero-order chi connectivity index (χ0) is 23.0.